The number of thioether (sulfide) groups is 1. The van der Waals surface area contributed by atoms with E-state index in [4.69, 9.17) is 4.98 Å². The smallest absolute Gasteiger partial charge is 0.254 e. The van der Waals surface area contributed by atoms with Gasteiger partial charge in [0, 0.05) is 25.0 Å². The van der Waals surface area contributed by atoms with Gasteiger partial charge in [-0.05, 0) is 54.5 Å². The normalized spacial score (nSPS) is 13.2. The number of fused-ring (bicyclic) bond motifs is 1. The van der Waals surface area contributed by atoms with Gasteiger partial charge in [0.15, 0.2) is 10.8 Å². The van der Waals surface area contributed by atoms with Gasteiger partial charge in [-0.3, -0.25) is 4.79 Å². The van der Waals surface area contributed by atoms with Crippen LogP contribution in [0.2, 0.25) is 0 Å². The number of benzene rings is 3. The molecule has 0 saturated carbocycles. The average molecular weight is 496 g/mol. The van der Waals surface area contributed by atoms with E-state index in [-0.39, 0.29) is 5.56 Å². The Bertz CT molecular complexity index is 1640. The van der Waals surface area contributed by atoms with Gasteiger partial charge in [-0.2, -0.15) is 0 Å². The molecule has 182 valence electrons. The molecule has 0 radical (unpaired) electrons. The fourth-order valence-corrected chi connectivity index (χ4v) is 5.91. The first-order chi connectivity index (χ1) is 17.3. The summed E-state index contributed by atoms with van der Waals surface area (Å²) >= 11 is 1.55. The molecule has 1 unspecified atom stereocenters. The Morgan fingerprint density at radius 1 is 0.861 bits per heavy atom. The summed E-state index contributed by atoms with van der Waals surface area (Å²) in [6.07, 6.45) is 1.98. The average Bonchev–Trinajstić information content (AvgIpc) is 3.21. The fraction of sp³-hybridized carbons (Fsp3) is 0.200. The van der Waals surface area contributed by atoms with Crippen LogP contribution in [0.25, 0.3) is 22.0 Å². The quantitative estimate of drug-likeness (QED) is 0.324. The first-order valence-electron chi connectivity index (χ1n) is 11.8. The third kappa shape index (κ3) is 3.60. The maximum Gasteiger partial charge on any atom is 0.254 e. The molecule has 0 aliphatic carbocycles. The lowest BCUT2D eigenvalue weighted by Crippen LogP contribution is -2.32. The molecule has 0 bridgehead atoms. The molecular weight excluding hydrogens is 466 g/mol. The van der Waals surface area contributed by atoms with Gasteiger partial charge in [-0.25, -0.2) is 4.98 Å². The molecular formula is C30H29N3O2S. The monoisotopic (exact) mass is 495 g/mol. The molecule has 1 N–H and O–H groups in total. The Balaban J connectivity index is 1.90. The molecule has 2 aromatic heterocycles. The van der Waals surface area contributed by atoms with Crippen molar-refractivity contribution in [1.82, 2.24) is 14.1 Å². The zero-order chi connectivity index (χ0) is 25.6. The van der Waals surface area contributed by atoms with Gasteiger partial charge in [0.05, 0.1) is 16.9 Å². The van der Waals surface area contributed by atoms with Crippen LogP contribution in [0.3, 0.4) is 0 Å². The number of pyridine rings is 1. The maximum absolute atomic E-state index is 13.1. The molecule has 0 amide bonds. The van der Waals surface area contributed by atoms with Gasteiger partial charge in [-0.15, -0.1) is 0 Å². The van der Waals surface area contributed by atoms with Crippen LogP contribution in [-0.4, -0.2) is 25.5 Å². The Morgan fingerprint density at radius 3 is 2.11 bits per heavy atom. The molecule has 0 aliphatic rings. The van der Waals surface area contributed by atoms with Crippen molar-refractivity contribution in [3.8, 4) is 11.1 Å². The van der Waals surface area contributed by atoms with E-state index in [1.165, 1.54) is 0 Å². The summed E-state index contributed by atoms with van der Waals surface area (Å²) in [5.74, 6) is 0. The summed E-state index contributed by atoms with van der Waals surface area (Å²) < 4.78 is 3.66. The van der Waals surface area contributed by atoms with Gasteiger partial charge >= 0.3 is 0 Å². The zero-order valence-electron chi connectivity index (χ0n) is 21.1. The standard InChI is InChI=1S/C30H29N3O2S/c1-19-26(21-12-8-6-9-13-21)24-18-23(16-17-25(24)32(3)28(19)34)30(35,22-14-10-7-11-15-22)27-20(2)31-29(36-5)33(27)4/h6-18,35H,1-5H3. The molecule has 5 aromatic rings. The number of rotatable bonds is 5. The van der Waals surface area contributed by atoms with Crippen LogP contribution in [0.4, 0.5) is 0 Å². The van der Waals surface area contributed by atoms with E-state index in [9.17, 15) is 9.90 Å². The molecule has 6 heteroatoms. The van der Waals surface area contributed by atoms with Crippen LogP contribution in [0.1, 0.15) is 28.1 Å². The summed E-state index contributed by atoms with van der Waals surface area (Å²) in [4.78, 5) is 17.9. The van der Waals surface area contributed by atoms with Crippen molar-refractivity contribution in [1.29, 1.82) is 0 Å². The van der Waals surface area contributed by atoms with Gasteiger partial charge in [-0.1, -0.05) is 78.5 Å². The van der Waals surface area contributed by atoms with Crippen LogP contribution in [0, 0.1) is 13.8 Å². The molecule has 0 saturated heterocycles. The van der Waals surface area contributed by atoms with Crippen LogP contribution in [-0.2, 0) is 19.7 Å². The van der Waals surface area contributed by atoms with E-state index in [1.807, 2.05) is 111 Å². The highest BCUT2D eigenvalue weighted by Gasteiger charge is 2.39. The third-order valence-corrected chi connectivity index (χ3v) is 7.78. The van der Waals surface area contributed by atoms with Gasteiger partial charge < -0.3 is 14.2 Å². The van der Waals surface area contributed by atoms with Crippen molar-refractivity contribution in [2.75, 3.05) is 6.26 Å². The molecule has 1 atom stereocenters. The van der Waals surface area contributed by atoms with Gasteiger partial charge in [0.25, 0.3) is 5.56 Å². The highest BCUT2D eigenvalue weighted by molar-refractivity contribution is 7.98. The maximum atomic E-state index is 13.1. The van der Waals surface area contributed by atoms with Crippen LogP contribution in [0.5, 0.6) is 0 Å². The van der Waals surface area contributed by atoms with Crippen molar-refractivity contribution in [3.05, 3.63) is 117 Å². The molecule has 36 heavy (non-hydrogen) atoms. The first-order valence-corrected chi connectivity index (χ1v) is 13.1. The predicted octanol–water partition coefficient (Wildman–Crippen LogP) is 5.56. The number of aryl methyl sites for hydroxylation is 2. The summed E-state index contributed by atoms with van der Waals surface area (Å²) in [6, 6.07) is 25.6. The predicted molar refractivity (Wildman–Crippen MR) is 148 cm³/mol. The van der Waals surface area contributed by atoms with Gasteiger partial charge in [0.1, 0.15) is 0 Å². The van der Waals surface area contributed by atoms with Gasteiger partial charge in [0.2, 0.25) is 0 Å². The van der Waals surface area contributed by atoms with Crippen molar-refractivity contribution in [3.63, 3.8) is 0 Å². The van der Waals surface area contributed by atoms with E-state index in [2.05, 4.69) is 0 Å². The lowest BCUT2D eigenvalue weighted by atomic mass is 9.81. The summed E-state index contributed by atoms with van der Waals surface area (Å²) in [5.41, 5.74) is 4.84. The minimum Gasteiger partial charge on any atom is -0.374 e. The minimum absolute atomic E-state index is 0.0282. The Morgan fingerprint density at radius 2 is 1.50 bits per heavy atom. The number of hydrogen-bond donors (Lipinski definition) is 1. The van der Waals surface area contributed by atoms with Crippen molar-refractivity contribution < 1.29 is 5.11 Å². The molecule has 0 aliphatic heterocycles. The van der Waals surface area contributed by atoms with E-state index in [0.29, 0.717) is 5.56 Å². The Labute approximate surface area is 215 Å². The molecule has 0 fully saturated rings. The van der Waals surface area contributed by atoms with E-state index in [1.54, 1.807) is 23.4 Å². The lowest BCUT2D eigenvalue weighted by Gasteiger charge is -2.31. The molecule has 5 nitrogen and oxygen atoms in total. The summed E-state index contributed by atoms with van der Waals surface area (Å²) in [5, 5.41) is 14.4. The van der Waals surface area contributed by atoms with Crippen molar-refractivity contribution in [2.45, 2.75) is 24.6 Å². The Kier molecular flexibility index (Phi) is 6.10. The topological polar surface area (TPSA) is 60.1 Å². The fourth-order valence-electron chi connectivity index (χ4n) is 5.32. The Hall–Kier alpha value is -3.61. The number of imidazole rings is 1. The minimum atomic E-state index is -1.45. The highest BCUT2D eigenvalue weighted by atomic mass is 32.2. The summed E-state index contributed by atoms with van der Waals surface area (Å²) in [6.45, 7) is 3.81. The highest BCUT2D eigenvalue weighted by Crippen LogP contribution is 2.41. The molecule has 2 heterocycles. The van der Waals surface area contributed by atoms with E-state index >= 15 is 0 Å². The second-order valence-corrected chi connectivity index (χ2v) is 9.90. The SMILES string of the molecule is CSc1nc(C)c(C(O)(c2ccccc2)c2ccc3c(c2)c(-c2ccccc2)c(C)c(=O)n3C)n1C. The summed E-state index contributed by atoms with van der Waals surface area (Å²) in [7, 11) is 3.74. The molecule has 3 aromatic carbocycles. The van der Waals surface area contributed by atoms with Crippen molar-refractivity contribution >= 4 is 22.7 Å². The first kappa shape index (κ1) is 24.1. The van der Waals surface area contributed by atoms with Crippen LogP contribution in [0.15, 0.2) is 88.8 Å². The number of hydrogen-bond acceptors (Lipinski definition) is 4. The van der Waals surface area contributed by atoms with Crippen LogP contribution >= 0.6 is 11.8 Å². The second kappa shape index (κ2) is 9.12. The number of nitrogens with zero attached hydrogens (tertiary/aromatic N) is 3. The molecule has 0 spiro atoms. The number of aliphatic hydroxyl groups is 1. The number of aromatic nitrogens is 3. The van der Waals surface area contributed by atoms with E-state index < -0.39 is 5.60 Å². The second-order valence-electron chi connectivity index (χ2n) is 9.13. The van der Waals surface area contributed by atoms with Crippen LogP contribution < -0.4 is 5.56 Å². The van der Waals surface area contributed by atoms with E-state index in [0.717, 1.165) is 49.7 Å². The lowest BCUT2D eigenvalue weighted by molar-refractivity contribution is 0.116. The van der Waals surface area contributed by atoms with Crippen molar-refractivity contribution in [2.24, 2.45) is 14.1 Å². The third-order valence-electron chi connectivity index (χ3n) is 7.05. The largest absolute Gasteiger partial charge is 0.374 e. The molecule has 5 rings (SSSR count). The zero-order valence-corrected chi connectivity index (χ0v) is 21.9.